The summed E-state index contributed by atoms with van der Waals surface area (Å²) in [6.07, 6.45) is -0.292. The highest BCUT2D eigenvalue weighted by Crippen LogP contribution is 2.16. The largest absolute Gasteiger partial charge is 0.465 e. The molecule has 0 fully saturated rings. The summed E-state index contributed by atoms with van der Waals surface area (Å²) in [4.78, 5) is 51.2. The van der Waals surface area contributed by atoms with Crippen molar-refractivity contribution in [3.05, 3.63) is 41.5 Å². The number of methoxy groups -OCH3 is 1. The number of para-hydroxylation sites is 1. The zero-order valence-electron chi connectivity index (χ0n) is 16.1. The number of carbonyl (C=O) groups is 4. The molecule has 1 aromatic heterocycles. The molecule has 0 aliphatic rings. The molecular formula is C18H21N5O6. The molecule has 0 atom stereocenters. The van der Waals surface area contributed by atoms with E-state index < -0.39 is 17.8 Å². The van der Waals surface area contributed by atoms with Gasteiger partial charge in [-0.2, -0.15) is 4.98 Å². The minimum absolute atomic E-state index is 0.0326. The van der Waals surface area contributed by atoms with Crippen LogP contribution in [0.4, 0.5) is 5.69 Å². The average molecular weight is 403 g/mol. The van der Waals surface area contributed by atoms with Crippen LogP contribution < -0.4 is 16.0 Å². The lowest BCUT2D eigenvalue weighted by Crippen LogP contribution is -2.39. The number of hydrogen-bond acceptors (Lipinski definition) is 8. The van der Waals surface area contributed by atoms with Crippen LogP contribution in [0, 0.1) is 0 Å². The van der Waals surface area contributed by atoms with Gasteiger partial charge < -0.3 is 25.2 Å². The standard InChI is InChI=1S/C18H21N5O6/c1-10(2)20-15(25)9-19-16(26)17-22-13(23-29-17)8-14(24)21-12-7-5-4-6-11(12)18(27)28-3/h4-7,10H,8-9H2,1-3H3,(H,19,26)(H,20,25)(H,21,24). The molecule has 0 spiro atoms. The molecule has 0 bridgehead atoms. The van der Waals surface area contributed by atoms with Crippen LogP contribution in [-0.4, -0.2) is 53.5 Å². The molecule has 2 aromatic rings. The number of carbonyl (C=O) groups excluding carboxylic acids is 4. The van der Waals surface area contributed by atoms with Gasteiger partial charge in [0.15, 0.2) is 5.82 Å². The molecule has 0 saturated carbocycles. The zero-order chi connectivity index (χ0) is 21.4. The number of hydrogen-bond donors (Lipinski definition) is 3. The van der Waals surface area contributed by atoms with Gasteiger partial charge in [0.1, 0.15) is 0 Å². The van der Waals surface area contributed by atoms with Gasteiger partial charge in [0.2, 0.25) is 11.8 Å². The SMILES string of the molecule is COC(=O)c1ccccc1NC(=O)Cc1noc(C(=O)NCC(=O)NC(C)C)n1. The second kappa shape index (κ2) is 9.97. The maximum atomic E-state index is 12.2. The van der Waals surface area contributed by atoms with E-state index in [1.165, 1.54) is 13.2 Å². The van der Waals surface area contributed by atoms with Crippen molar-refractivity contribution in [2.75, 3.05) is 19.0 Å². The molecule has 0 unspecified atom stereocenters. The van der Waals surface area contributed by atoms with Gasteiger partial charge in [-0.3, -0.25) is 14.4 Å². The molecule has 3 N–H and O–H groups in total. The minimum Gasteiger partial charge on any atom is -0.465 e. The summed E-state index contributed by atoms with van der Waals surface area (Å²) in [6.45, 7) is 3.33. The number of nitrogens with zero attached hydrogens (tertiary/aromatic N) is 2. The smallest absolute Gasteiger partial charge is 0.339 e. The Morgan fingerprint density at radius 3 is 2.55 bits per heavy atom. The van der Waals surface area contributed by atoms with Crippen LogP contribution in [0.1, 0.15) is 40.7 Å². The van der Waals surface area contributed by atoms with Gasteiger partial charge in [0, 0.05) is 6.04 Å². The Hall–Kier alpha value is -3.76. The first kappa shape index (κ1) is 21.5. The third-order valence-electron chi connectivity index (χ3n) is 3.45. The Morgan fingerprint density at radius 2 is 1.86 bits per heavy atom. The first-order valence-corrected chi connectivity index (χ1v) is 8.67. The van der Waals surface area contributed by atoms with Crippen molar-refractivity contribution in [1.82, 2.24) is 20.8 Å². The van der Waals surface area contributed by atoms with Crippen molar-refractivity contribution in [2.45, 2.75) is 26.3 Å². The molecule has 1 aromatic carbocycles. The third-order valence-corrected chi connectivity index (χ3v) is 3.45. The van der Waals surface area contributed by atoms with Crippen LogP contribution in [0.5, 0.6) is 0 Å². The molecule has 11 nitrogen and oxygen atoms in total. The summed E-state index contributed by atoms with van der Waals surface area (Å²) in [5, 5.41) is 11.1. The van der Waals surface area contributed by atoms with E-state index in [1.54, 1.807) is 32.0 Å². The van der Waals surface area contributed by atoms with Crippen LogP contribution in [0.15, 0.2) is 28.8 Å². The van der Waals surface area contributed by atoms with Crippen molar-refractivity contribution in [3.8, 4) is 0 Å². The van der Waals surface area contributed by atoms with E-state index >= 15 is 0 Å². The maximum Gasteiger partial charge on any atom is 0.339 e. The Bertz CT molecular complexity index is 908. The maximum absolute atomic E-state index is 12.2. The highest BCUT2D eigenvalue weighted by Gasteiger charge is 2.19. The number of anilines is 1. The Labute approximate surface area is 166 Å². The van der Waals surface area contributed by atoms with Gasteiger partial charge in [0.05, 0.1) is 31.3 Å². The van der Waals surface area contributed by atoms with Crippen LogP contribution in [0.3, 0.4) is 0 Å². The van der Waals surface area contributed by atoms with E-state index in [9.17, 15) is 19.2 Å². The Balaban J connectivity index is 1.93. The van der Waals surface area contributed by atoms with Crippen molar-refractivity contribution < 1.29 is 28.4 Å². The van der Waals surface area contributed by atoms with Gasteiger partial charge in [-0.25, -0.2) is 4.79 Å². The molecule has 1 heterocycles. The van der Waals surface area contributed by atoms with E-state index in [1.807, 2.05) is 0 Å². The summed E-state index contributed by atoms with van der Waals surface area (Å²) in [5.74, 6) is -2.63. The normalized spacial score (nSPS) is 10.3. The number of esters is 1. The van der Waals surface area contributed by atoms with Crippen molar-refractivity contribution in [3.63, 3.8) is 0 Å². The van der Waals surface area contributed by atoms with Crippen molar-refractivity contribution in [2.24, 2.45) is 0 Å². The molecule has 0 radical (unpaired) electrons. The van der Waals surface area contributed by atoms with Crippen LogP contribution >= 0.6 is 0 Å². The van der Waals surface area contributed by atoms with Gasteiger partial charge in [-0.15, -0.1) is 0 Å². The van der Waals surface area contributed by atoms with Crippen LogP contribution in [0.25, 0.3) is 0 Å². The lowest BCUT2D eigenvalue weighted by molar-refractivity contribution is -0.120. The van der Waals surface area contributed by atoms with Gasteiger partial charge in [-0.05, 0) is 26.0 Å². The van der Waals surface area contributed by atoms with E-state index in [0.29, 0.717) is 0 Å². The second-order valence-corrected chi connectivity index (χ2v) is 6.18. The second-order valence-electron chi connectivity index (χ2n) is 6.18. The van der Waals surface area contributed by atoms with E-state index in [-0.39, 0.29) is 47.9 Å². The predicted molar refractivity (Wildman–Crippen MR) is 100 cm³/mol. The molecule has 154 valence electrons. The van der Waals surface area contributed by atoms with Gasteiger partial charge in [0.25, 0.3) is 0 Å². The molecule has 3 amide bonds. The number of benzene rings is 1. The predicted octanol–water partition coefficient (Wildman–Crippen LogP) is 0.292. The van der Waals surface area contributed by atoms with Crippen molar-refractivity contribution in [1.29, 1.82) is 0 Å². The lowest BCUT2D eigenvalue weighted by Gasteiger charge is -2.08. The molecule has 0 saturated heterocycles. The summed E-state index contributed by atoms with van der Waals surface area (Å²) >= 11 is 0. The third kappa shape index (κ3) is 6.41. The monoisotopic (exact) mass is 403 g/mol. The quantitative estimate of drug-likeness (QED) is 0.532. The summed E-state index contributed by atoms with van der Waals surface area (Å²) < 4.78 is 9.48. The first-order valence-electron chi connectivity index (χ1n) is 8.67. The number of ether oxygens (including phenoxy) is 1. The highest BCUT2D eigenvalue weighted by molar-refractivity contribution is 6.01. The van der Waals surface area contributed by atoms with Crippen LogP contribution in [-0.2, 0) is 20.7 Å². The number of nitrogens with one attached hydrogen (secondary N) is 3. The topological polar surface area (TPSA) is 153 Å². The number of aromatic nitrogens is 2. The Kier molecular flexibility index (Phi) is 7.40. The lowest BCUT2D eigenvalue weighted by atomic mass is 10.1. The molecule has 0 aliphatic heterocycles. The number of amides is 3. The fraction of sp³-hybridized carbons (Fsp3) is 0.333. The summed E-state index contributed by atoms with van der Waals surface area (Å²) in [5.41, 5.74) is 0.457. The van der Waals surface area contributed by atoms with Gasteiger partial charge in [-0.1, -0.05) is 17.3 Å². The van der Waals surface area contributed by atoms with E-state index in [2.05, 4.69) is 30.8 Å². The summed E-state index contributed by atoms with van der Waals surface area (Å²) in [6, 6.07) is 6.27. The van der Waals surface area contributed by atoms with E-state index in [0.717, 1.165) is 0 Å². The van der Waals surface area contributed by atoms with Crippen molar-refractivity contribution >= 4 is 29.4 Å². The molecule has 11 heteroatoms. The number of rotatable bonds is 8. The average Bonchev–Trinajstić information content (AvgIpc) is 3.13. The zero-order valence-corrected chi connectivity index (χ0v) is 16.1. The molecular weight excluding hydrogens is 382 g/mol. The minimum atomic E-state index is -0.737. The Morgan fingerprint density at radius 1 is 1.14 bits per heavy atom. The van der Waals surface area contributed by atoms with Crippen LogP contribution in [0.2, 0.25) is 0 Å². The fourth-order valence-electron chi connectivity index (χ4n) is 2.25. The molecule has 2 rings (SSSR count). The van der Waals surface area contributed by atoms with Gasteiger partial charge >= 0.3 is 17.8 Å². The highest BCUT2D eigenvalue weighted by atomic mass is 16.5. The van der Waals surface area contributed by atoms with E-state index in [4.69, 9.17) is 4.52 Å². The molecule has 0 aliphatic carbocycles. The summed E-state index contributed by atoms with van der Waals surface area (Å²) in [7, 11) is 1.24. The molecule has 29 heavy (non-hydrogen) atoms. The fourth-order valence-corrected chi connectivity index (χ4v) is 2.25. The first-order chi connectivity index (χ1) is 13.8.